The van der Waals surface area contributed by atoms with E-state index < -0.39 is 0 Å². The lowest BCUT2D eigenvalue weighted by Gasteiger charge is -2.56. The van der Waals surface area contributed by atoms with E-state index in [2.05, 4.69) is 40.7 Å². The summed E-state index contributed by atoms with van der Waals surface area (Å²) in [6.45, 7) is 12.5. The van der Waals surface area contributed by atoms with E-state index >= 15 is 0 Å². The van der Waals surface area contributed by atoms with Gasteiger partial charge in [0.1, 0.15) is 0 Å². The van der Waals surface area contributed by atoms with Crippen molar-refractivity contribution in [3.8, 4) is 0 Å². The summed E-state index contributed by atoms with van der Waals surface area (Å²) in [5.74, 6) is 1.12. The van der Waals surface area contributed by atoms with Crippen LogP contribution in [-0.4, -0.2) is 12.6 Å². The van der Waals surface area contributed by atoms with Crippen LogP contribution in [0.5, 0.6) is 0 Å². The smallest absolute Gasteiger partial charge is 0.305 e. The van der Waals surface area contributed by atoms with E-state index in [-0.39, 0.29) is 11.4 Å². The van der Waals surface area contributed by atoms with Gasteiger partial charge >= 0.3 is 5.97 Å². The van der Waals surface area contributed by atoms with Crippen LogP contribution in [0.2, 0.25) is 0 Å². The van der Waals surface area contributed by atoms with E-state index in [1.54, 1.807) is 0 Å². The number of fused-ring (bicyclic) bond motifs is 1. The van der Waals surface area contributed by atoms with Gasteiger partial charge in [-0.2, -0.15) is 0 Å². The summed E-state index contributed by atoms with van der Waals surface area (Å²) in [5, 5.41) is 0. The molecule has 0 aromatic carbocycles. The molecule has 0 aliphatic heterocycles. The second kappa shape index (κ2) is 14.6. The molecule has 2 rings (SSSR count). The van der Waals surface area contributed by atoms with Crippen molar-refractivity contribution in [1.29, 1.82) is 0 Å². The lowest BCUT2D eigenvalue weighted by atomic mass is 9.49. The quantitative estimate of drug-likeness (QED) is 0.130. The molecule has 0 heterocycles. The van der Waals surface area contributed by atoms with Gasteiger partial charge in [0.05, 0.1) is 6.61 Å². The topological polar surface area (TPSA) is 26.3 Å². The van der Waals surface area contributed by atoms with Crippen molar-refractivity contribution < 1.29 is 9.53 Å². The molecule has 192 valence electrons. The summed E-state index contributed by atoms with van der Waals surface area (Å²) >= 11 is 0. The van der Waals surface area contributed by atoms with Crippen molar-refractivity contribution in [1.82, 2.24) is 0 Å². The zero-order valence-corrected chi connectivity index (χ0v) is 23.0. The minimum Gasteiger partial charge on any atom is -0.465 e. The van der Waals surface area contributed by atoms with Crippen molar-refractivity contribution in [2.75, 3.05) is 6.61 Å². The summed E-state index contributed by atoms with van der Waals surface area (Å²) in [5.41, 5.74) is 2.11. The average molecular weight is 461 g/mol. The Bertz CT molecular complexity index is 590. The molecular formula is C31H56O2. The fraction of sp³-hybridized carbons (Fsp3) is 0.903. The van der Waals surface area contributed by atoms with Crippen molar-refractivity contribution in [3.05, 3.63) is 11.6 Å². The van der Waals surface area contributed by atoms with Gasteiger partial charge in [-0.3, -0.25) is 4.79 Å². The molecule has 1 unspecified atom stereocenters. The van der Waals surface area contributed by atoms with Gasteiger partial charge in [-0.25, -0.2) is 0 Å². The van der Waals surface area contributed by atoms with Crippen LogP contribution >= 0.6 is 0 Å². The standard InChI is InChI=1S/C31H56O2/c1-6-7-8-9-10-11-12-13-14-15-16-17-18-20-29(32)33-25-27-26(2)21-22-28-30(3,4)23-19-24-31(27,28)5/h21,27-28H,6-20,22-25H2,1-5H3/t27-,28?,31+/m0/s1. The summed E-state index contributed by atoms with van der Waals surface area (Å²) in [6, 6.07) is 0. The predicted molar refractivity (Wildman–Crippen MR) is 142 cm³/mol. The average Bonchev–Trinajstić information content (AvgIpc) is 2.75. The summed E-state index contributed by atoms with van der Waals surface area (Å²) < 4.78 is 5.86. The zero-order valence-electron chi connectivity index (χ0n) is 23.0. The van der Waals surface area contributed by atoms with Crippen molar-refractivity contribution in [3.63, 3.8) is 0 Å². The molecule has 0 aromatic rings. The van der Waals surface area contributed by atoms with E-state index in [0.29, 0.717) is 30.3 Å². The fourth-order valence-electron chi connectivity index (χ4n) is 6.99. The number of unbranched alkanes of at least 4 members (excludes halogenated alkanes) is 12. The number of rotatable bonds is 16. The molecule has 0 spiro atoms. The Morgan fingerprint density at radius 2 is 1.42 bits per heavy atom. The van der Waals surface area contributed by atoms with E-state index in [4.69, 9.17) is 4.74 Å². The number of carbonyl (C=O) groups excluding carboxylic acids is 1. The van der Waals surface area contributed by atoms with Gasteiger partial charge in [0.2, 0.25) is 0 Å². The Hall–Kier alpha value is -0.790. The van der Waals surface area contributed by atoms with Crippen LogP contribution in [0.1, 0.15) is 150 Å². The van der Waals surface area contributed by atoms with Crippen molar-refractivity contribution in [2.24, 2.45) is 22.7 Å². The number of carbonyl (C=O) groups is 1. The number of hydrogen-bond donors (Lipinski definition) is 0. The zero-order chi connectivity index (χ0) is 24.2. The maximum Gasteiger partial charge on any atom is 0.305 e. The van der Waals surface area contributed by atoms with Gasteiger partial charge in [-0.05, 0) is 49.4 Å². The fourth-order valence-corrected chi connectivity index (χ4v) is 6.99. The second-order valence-corrected chi connectivity index (χ2v) is 12.3. The highest BCUT2D eigenvalue weighted by Crippen LogP contribution is 2.59. The molecule has 0 amide bonds. The maximum absolute atomic E-state index is 12.4. The third-order valence-electron chi connectivity index (χ3n) is 9.19. The SMILES string of the molecule is CCCCCCCCCCCCCCCC(=O)OC[C@H]1C(C)=CCC2C(C)(C)CCC[C@@]21C. The molecule has 1 saturated carbocycles. The van der Waals surface area contributed by atoms with Crippen molar-refractivity contribution >= 4 is 5.97 Å². The maximum atomic E-state index is 12.4. The van der Waals surface area contributed by atoms with Crippen LogP contribution in [-0.2, 0) is 9.53 Å². The number of hydrogen-bond acceptors (Lipinski definition) is 2. The molecule has 33 heavy (non-hydrogen) atoms. The molecule has 2 aliphatic carbocycles. The number of ether oxygens (including phenoxy) is 1. The molecule has 3 atom stereocenters. The number of allylic oxidation sites excluding steroid dienone is 1. The van der Waals surface area contributed by atoms with Crippen LogP contribution in [0, 0.1) is 22.7 Å². The highest BCUT2D eigenvalue weighted by molar-refractivity contribution is 5.69. The summed E-state index contributed by atoms with van der Waals surface area (Å²) in [6.07, 6.45) is 25.5. The molecule has 0 aromatic heterocycles. The Labute approximate surface area is 206 Å². The Morgan fingerprint density at radius 1 is 0.879 bits per heavy atom. The molecule has 2 nitrogen and oxygen atoms in total. The third-order valence-corrected chi connectivity index (χ3v) is 9.19. The summed E-state index contributed by atoms with van der Waals surface area (Å²) in [4.78, 5) is 12.4. The molecule has 0 radical (unpaired) electrons. The van der Waals surface area contributed by atoms with Gasteiger partial charge in [0.15, 0.2) is 0 Å². The first kappa shape index (κ1) is 28.4. The third kappa shape index (κ3) is 9.06. The van der Waals surface area contributed by atoms with E-state index in [9.17, 15) is 4.79 Å². The molecule has 2 aliphatic rings. The minimum absolute atomic E-state index is 0.0201. The van der Waals surface area contributed by atoms with Gasteiger partial charge < -0.3 is 4.74 Å². The van der Waals surface area contributed by atoms with Crippen LogP contribution in [0.15, 0.2) is 11.6 Å². The monoisotopic (exact) mass is 460 g/mol. The number of esters is 1. The molecule has 0 N–H and O–H groups in total. The highest BCUT2D eigenvalue weighted by atomic mass is 16.5. The first-order valence-electron chi connectivity index (χ1n) is 14.6. The first-order chi connectivity index (χ1) is 15.8. The lowest BCUT2D eigenvalue weighted by molar-refractivity contribution is -0.148. The van der Waals surface area contributed by atoms with Gasteiger partial charge in [-0.15, -0.1) is 0 Å². The van der Waals surface area contributed by atoms with Crippen LogP contribution < -0.4 is 0 Å². The first-order valence-corrected chi connectivity index (χ1v) is 14.6. The molecular weight excluding hydrogens is 404 g/mol. The van der Waals surface area contributed by atoms with Crippen LogP contribution in [0.3, 0.4) is 0 Å². The Morgan fingerprint density at radius 3 is 2.00 bits per heavy atom. The van der Waals surface area contributed by atoms with E-state index in [1.165, 1.54) is 108 Å². The second-order valence-electron chi connectivity index (χ2n) is 12.3. The van der Waals surface area contributed by atoms with Crippen molar-refractivity contribution in [2.45, 2.75) is 150 Å². The Kier molecular flexibility index (Phi) is 12.6. The molecule has 2 heteroatoms. The van der Waals surface area contributed by atoms with Gasteiger partial charge in [0, 0.05) is 12.3 Å². The molecule has 1 fully saturated rings. The van der Waals surface area contributed by atoms with E-state index in [0.717, 1.165) is 6.42 Å². The predicted octanol–water partition coefficient (Wildman–Crippen LogP) is 9.81. The molecule has 0 bridgehead atoms. The Balaban J connectivity index is 1.55. The van der Waals surface area contributed by atoms with Gasteiger partial charge in [0.25, 0.3) is 0 Å². The molecule has 0 saturated heterocycles. The normalized spacial score (nSPS) is 26.5. The van der Waals surface area contributed by atoms with E-state index in [1.807, 2.05) is 0 Å². The van der Waals surface area contributed by atoms with Crippen LogP contribution in [0.25, 0.3) is 0 Å². The highest BCUT2D eigenvalue weighted by Gasteiger charge is 2.52. The van der Waals surface area contributed by atoms with Crippen LogP contribution in [0.4, 0.5) is 0 Å². The minimum atomic E-state index is 0.0201. The lowest BCUT2D eigenvalue weighted by Crippen LogP contribution is -2.49. The summed E-state index contributed by atoms with van der Waals surface area (Å²) in [7, 11) is 0. The van der Waals surface area contributed by atoms with Gasteiger partial charge in [-0.1, -0.05) is 123 Å². The largest absolute Gasteiger partial charge is 0.465 e.